The minimum Gasteiger partial charge on any atom is -0.464 e. The summed E-state index contributed by atoms with van der Waals surface area (Å²) in [4.78, 5) is 32.9. The van der Waals surface area contributed by atoms with E-state index in [-0.39, 0.29) is 11.9 Å². The summed E-state index contributed by atoms with van der Waals surface area (Å²) in [5.41, 5.74) is 1.73. The molecule has 2 heterocycles. The lowest BCUT2D eigenvalue weighted by atomic mass is 10.0. The lowest BCUT2D eigenvalue weighted by molar-refractivity contribution is -0.147. The van der Waals surface area contributed by atoms with Crippen LogP contribution in [-0.2, 0) is 20.9 Å². The van der Waals surface area contributed by atoms with Gasteiger partial charge in [0.15, 0.2) is 0 Å². The number of aromatic nitrogens is 3. The summed E-state index contributed by atoms with van der Waals surface area (Å²) in [6.45, 7) is 8.67. The predicted octanol–water partition coefficient (Wildman–Crippen LogP) is 2.57. The lowest BCUT2D eigenvalue weighted by Gasteiger charge is -2.19. The zero-order valence-corrected chi connectivity index (χ0v) is 16.0. The highest BCUT2D eigenvalue weighted by molar-refractivity contribution is 5.84. The molecule has 7 nitrogen and oxygen atoms in total. The number of carbonyl (C=O) groups is 2. The van der Waals surface area contributed by atoms with Gasteiger partial charge in [0.1, 0.15) is 17.6 Å². The van der Waals surface area contributed by atoms with Crippen molar-refractivity contribution in [2.45, 2.75) is 59.5 Å². The molecule has 0 aliphatic carbocycles. The minimum atomic E-state index is -0.575. The molecule has 7 heteroatoms. The van der Waals surface area contributed by atoms with Crippen molar-refractivity contribution in [3.8, 4) is 11.4 Å². The Balaban J connectivity index is 1.84. The lowest BCUT2D eigenvalue weighted by Crippen LogP contribution is -2.42. The molecule has 0 fully saturated rings. The van der Waals surface area contributed by atoms with E-state index in [9.17, 15) is 9.59 Å². The van der Waals surface area contributed by atoms with E-state index < -0.39 is 6.04 Å². The fourth-order valence-corrected chi connectivity index (χ4v) is 2.83. The number of pyridine rings is 1. The summed E-state index contributed by atoms with van der Waals surface area (Å²) in [6, 6.07) is 1.35. The van der Waals surface area contributed by atoms with Gasteiger partial charge in [-0.05, 0) is 38.7 Å². The molecule has 0 unspecified atom stereocenters. The second-order valence-electron chi connectivity index (χ2n) is 6.83. The normalized spacial score (nSPS) is 12.3. The number of hydrogen-bond acceptors (Lipinski definition) is 5. The third-order valence-electron chi connectivity index (χ3n) is 3.97. The first kappa shape index (κ1) is 19.9. The van der Waals surface area contributed by atoms with E-state index >= 15 is 0 Å². The monoisotopic (exact) mass is 360 g/mol. The van der Waals surface area contributed by atoms with Crippen LogP contribution in [0.25, 0.3) is 11.4 Å². The molecular weight excluding hydrogens is 332 g/mol. The summed E-state index contributed by atoms with van der Waals surface area (Å²) in [6.07, 6.45) is 5.48. The average Bonchev–Trinajstić information content (AvgIpc) is 2.93. The molecule has 1 atom stereocenters. The van der Waals surface area contributed by atoms with Crippen LogP contribution in [0.5, 0.6) is 0 Å². The first-order valence-corrected chi connectivity index (χ1v) is 9.15. The fraction of sp³-hybridized carbons (Fsp3) is 0.579. The Morgan fingerprint density at radius 3 is 2.69 bits per heavy atom. The third-order valence-corrected chi connectivity index (χ3v) is 3.97. The summed E-state index contributed by atoms with van der Waals surface area (Å²) in [7, 11) is 0. The molecule has 0 spiro atoms. The van der Waals surface area contributed by atoms with Gasteiger partial charge in [-0.15, -0.1) is 0 Å². The van der Waals surface area contributed by atoms with E-state index in [2.05, 4.69) is 15.3 Å². The Morgan fingerprint density at radius 1 is 1.27 bits per heavy atom. The Bertz CT molecular complexity index is 711. The van der Waals surface area contributed by atoms with Gasteiger partial charge in [0, 0.05) is 25.4 Å². The second kappa shape index (κ2) is 9.31. The maximum Gasteiger partial charge on any atom is 0.328 e. The Hall–Kier alpha value is -2.44. The Labute approximate surface area is 154 Å². The number of carbonyl (C=O) groups excluding carboxylic acids is 2. The molecule has 0 saturated heterocycles. The summed E-state index contributed by atoms with van der Waals surface area (Å²) in [5, 5.41) is 2.81. The van der Waals surface area contributed by atoms with E-state index in [1.54, 1.807) is 6.92 Å². The number of rotatable bonds is 9. The topological polar surface area (TPSA) is 86.1 Å². The minimum absolute atomic E-state index is 0.130. The highest BCUT2D eigenvalue weighted by Crippen LogP contribution is 2.17. The molecule has 1 amide bonds. The van der Waals surface area contributed by atoms with E-state index in [1.807, 2.05) is 43.8 Å². The quantitative estimate of drug-likeness (QED) is 0.695. The van der Waals surface area contributed by atoms with Gasteiger partial charge in [-0.25, -0.2) is 14.8 Å². The van der Waals surface area contributed by atoms with Crippen molar-refractivity contribution in [1.29, 1.82) is 0 Å². The molecule has 0 bridgehead atoms. The molecule has 0 saturated carbocycles. The SMILES string of the molecule is CCOC(=O)[C@H](CC(C)C)NC(=O)CCCn1ccc2nc(C)nc-2c1. The van der Waals surface area contributed by atoms with E-state index in [4.69, 9.17) is 4.74 Å². The van der Waals surface area contributed by atoms with Crippen molar-refractivity contribution in [1.82, 2.24) is 19.9 Å². The third kappa shape index (κ3) is 5.82. The Kier molecular flexibility index (Phi) is 7.12. The molecule has 0 radical (unpaired) electrons. The molecule has 0 aromatic heterocycles. The van der Waals surface area contributed by atoms with E-state index in [1.165, 1.54) is 0 Å². The van der Waals surface area contributed by atoms with Gasteiger partial charge in [-0.3, -0.25) is 4.79 Å². The van der Waals surface area contributed by atoms with Crippen LogP contribution in [0.1, 0.15) is 45.9 Å². The van der Waals surface area contributed by atoms with Crippen LogP contribution in [0.4, 0.5) is 0 Å². The molecule has 0 aromatic carbocycles. The van der Waals surface area contributed by atoms with Crippen molar-refractivity contribution >= 4 is 11.9 Å². The van der Waals surface area contributed by atoms with Crippen LogP contribution in [-0.4, -0.2) is 39.1 Å². The van der Waals surface area contributed by atoms with Gasteiger partial charge in [0.05, 0.1) is 12.3 Å². The standard InChI is InChI=1S/C19H28N4O3/c1-5-26-19(25)16(11-13(2)3)22-18(24)7-6-9-23-10-8-15-17(12-23)21-14(4)20-15/h8,10,12-13,16H,5-7,9,11H2,1-4H3,(H,22,24)/t16-/m0/s1. The number of aryl methyl sites for hydroxylation is 2. The number of ether oxygens (including phenoxy) is 1. The van der Waals surface area contributed by atoms with Gasteiger partial charge in [-0.1, -0.05) is 13.8 Å². The number of nitrogens with one attached hydrogen (secondary N) is 1. The number of fused-ring (bicyclic) bond motifs is 1. The van der Waals surface area contributed by atoms with Crippen LogP contribution in [0.15, 0.2) is 18.5 Å². The number of hydrogen-bond donors (Lipinski definition) is 1. The predicted molar refractivity (Wildman–Crippen MR) is 98.6 cm³/mol. The van der Waals surface area contributed by atoms with Crippen LogP contribution < -0.4 is 5.32 Å². The highest BCUT2D eigenvalue weighted by Gasteiger charge is 2.22. The van der Waals surface area contributed by atoms with Crippen molar-refractivity contribution in [3.05, 3.63) is 24.3 Å². The molecule has 0 aromatic rings. The van der Waals surface area contributed by atoms with Gasteiger partial charge in [-0.2, -0.15) is 0 Å². The fourth-order valence-electron chi connectivity index (χ4n) is 2.83. The average molecular weight is 360 g/mol. The van der Waals surface area contributed by atoms with Crippen molar-refractivity contribution < 1.29 is 14.3 Å². The molecule has 2 aliphatic heterocycles. The zero-order chi connectivity index (χ0) is 19.1. The summed E-state index contributed by atoms with van der Waals surface area (Å²) >= 11 is 0. The molecular formula is C19H28N4O3. The van der Waals surface area contributed by atoms with Crippen molar-refractivity contribution in [3.63, 3.8) is 0 Å². The number of imidazole rings is 1. The first-order chi connectivity index (χ1) is 12.4. The maximum atomic E-state index is 12.2. The van der Waals surface area contributed by atoms with Crippen LogP contribution >= 0.6 is 0 Å². The number of nitrogens with zero attached hydrogens (tertiary/aromatic N) is 3. The zero-order valence-electron chi connectivity index (χ0n) is 16.0. The van der Waals surface area contributed by atoms with Crippen LogP contribution in [0.2, 0.25) is 0 Å². The van der Waals surface area contributed by atoms with E-state index in [0.29, 0.717) is 38.3 Å². The Morgan fingerprint density at radius 2 is 2.00 bits per heavy atom. The molecule has 26 heavy (non-hydrogen) atoms. The largest absolute Gasteiger partial charge is 0.464 e. The van der Waals surface area contributed by atoms with Gasteiger partial charge >= 0.3 is 5.97 Å². The number of amides is 1. The maximum absolute atomic E-state index is 12.2. The van der Waals surface area contributed by atoms with Gasteiger partial charge in [0.25, 0.3) is 0 Å². The number of esters is 1. The van der Waals surface area contributed by atoms with Crippen molar-refractivity contribution in [2.75, 3.05) is 6.61 Å². The highest BCUT2D eigenvalue weighted by atomic mass is 16.5. The first-order valence-electron chi connectivity index (χ1n) is 9.15. The van der Waals surface area contributed by atoms with Crippen LogP contribution in [0, 0.1) is 12.8 Å². The van der Waals surface area contributed by atoms with Gasteiger partial charge in [0.2, 0.25) is 5.91 Å². The van der Waals surface area contributed by atoms with Crippen molar-refractivity contribution in [2.24, 2.45) is 5.92 Å². The molecule has 2 aliphatic rings. The smallest absolute Gasteiger partial charge is 0.328 e. The van der Waals surface area contributed by atoms with Gasteiger partial charge < -0.3 is 14.6 Å². The molecule has 142 valence electrons. The summed E-state index contributed by atoms with van der Waals surface area (Å²) in [5.74, 6) is 0.558. The van der Waals surface area contributed by atoms with E-state index in [0.717, 1.165) is 17.2 Å². The molecule has 1 N–H and O–H groups in total. The summed E-state index contributed by atoms with van der Waals surface area (Å²) < 4.78 is 7.05. The van der Waals surface area contributed by atoms with Crippen LogP contribution in [0.3, 0.4) is 0 Å². The molecule has 2 rings (SSSR count). The second-order valence-corrected chi connectivity index (χ2v) is 6.83.